The van der Waals surface area contributed by atoms with Crippen molar-refractivity contribution in [3.8, 4) is 0 Å². The first-order valence-electron chi connectivity index (χ1n) is 12.4. The lowest BCUT2D eigenvalue weighted by atomic mass is 9.87. The van der Waals surface area contributed by atoms with Crippen LogP contribution in [0.1, 0.15) is 87.5 Å². The largest absolute Gasteiger partial charge is 0.350 e. The first-order chi connectivity index (χ1) is 15.7. The van der Waals surface area contributed by atoms with Crippen LogP contribution in [-0.2, 0) is 17.9 Å². The summed E-state index contributed by atoms with van der Waals surface area (Å²) in [6.07, 6.45) is 17.3. The number of carbonyl (C=O) groups is 2. The summed E-state index contributed by atoms with van der Waals surface area (Å²) >= 11 is 0. The number of aromatic amines is 1. The monoisotopic (exact) mass is 443 g/mol. The Morgan fingerprint density at radius 3 is 2.44 bits per heavy atom. The van der Waals surface area contributed by atoms with Crippen LogP contribution < -0.4 is 10.6 Å². The van der Waals surface area contributed by atoms with Crippen molar-refractivity contribution >= 4 is 17.6 Å². The second-order valence-corrected chi connectivity index (χ2v) is 9.54. The van der Waals surface area contributed by atoms with E-state index in [1.165, 1.54) is 44.9 Å². The normalized spacial score (nSPS) is 17.6. The van der Waals surface area contributed by atoms with E-state index >= 15 is 0 Å². The van der Waals surface area contributed by atoms with Gasteiger partial charge in [0.15, 0.2) is 5.82 Å². The van der Waals surface area contributed by atoms with Gasteiger partial charge in [-0.05, 0) is 50.4 Å². The number of anilines is 1. The lowest BCUT2D eigenvalue weighted by molar-refractivity contribution is -0.117. The average molecular weight is 444 g/mol. The van der Waals surface area contributed by atoms with Crippen LogP contribution in [-0.4, -0.2) is 43.1 Å². The molecule has 9 heteroatoms. The Morgan fingerprint density at radius 1 is 0.969 bits per heavy atom. The predicted molar refractivity (Wildman–Crippen MR) is 122 cm³/mol. The second kappa shape index (κ2) is 11.3. The molecule has 0 aliphatic heterocycles. The molecule has 2 saturated carbocycles. The fourth-order valence-electron chi connectivity index (χ4n) is 4.95. The first-order valence-corrected chi connectivity index (χ1v) is 12.4. The smallest absolute Gasteiger partial charge is 0.270 e. The highest BCUT2D eigenvalue weighted by atomic mass is 16.2. The molecule has 0 bridgehead atoms. The predicted octanol–water partition coefficient (Wildman–Crippen LogP) is 3.72. The van der Waals surface area contributed by atoms with Gasteiger partial charge in [-0.2, -0.15) is 0 Å². The topological polar surface area (TPSA) is 110 Å². The third kappa shape index (κ3) is 6.71. The number of H-pyrrole nitrogens is 1. The molecule has 2 aromatic heterocycles. The summed E-state index contributed by atoms with van der Waals surface area (Å²) in [5.74, 6) is 1.74. The molecule has 176 valence electrons. The zero-order valence-electron chi connectivity index (χ0n) is 19.0. The van der Waals surface area contributed by atoms with Gasteiger partial charge < -0.3 is 10.6 Å². The molecule has 0 spiro atoms. The summed E-state index contributed by atoms with van der Waals surface area (Å²) < 4.78 is 3.72. The Kier molecular flexibility index (Phi) is 8.01. The van der Waals surface area contributed by atoms with Gasteiger partial charge in [-0.3, -0.25) is 24.1 Å². The summed E-state index contributed by atoms with van der Waals surface area (Å²) in [5.41, 5.74) is 0.646. The summed E-state index contributed by atoms with van der Waals surface area (Å²) in [7, 11) is 0. The minimum Gasteiger partial charge on any atom is -0.350 e. The van der Waals surface area contributed by atoms with Gasteiger partial charge in [0, 0.05) is 26.1 Å². The van der Waals surface area contributed by atoms with Crippen LogP contribution in [0.3, 0.4) is 0 Å². The number of amides is 2. The van der Waals surface area contributed by atoms with Crippen LogP contribution in [0, 0.1) is 11.8 Å². The first kappa shape index (κ1) is 22.6. The summed E-state index contributed by atoms with van der Waals surface area (Å²) in [6.45, 7) is 2.37. The number of nitrogens with one attached hydrogen (secondary N) is 3. The van der Waals surface area contributed by atoms with E-state index < -0.39 is 0 Å². The van der Waals surface area contributed by atoms with Gasteiger partial charge in [-0.25, -0.2) is 0 Å². The zero-order valence-corrected chi connectivity index (χ0v) is 19.0. The van der Waals surface area contributed by atoms with Crippen LogP contribution in [0.2, 0.25) is 0 Å². The van der Waals surface area contributed by atoms with Crippen LogP contribution >= 0.6 is 0 Å². The summed E-state index contributed by atoms with van der Waals surface area (Å²) in [5, 5.41) is 17.2. The van der Waals surface area contributed by atoms with Crippen molar-refractivity contribution in [2.24, 2.45) is 11.8 Å². The maximum atomic E-state index is 12.2. The SMILES string of the molecule is O=C(CC1CCCCC1)Nc1cn(CCCCn2cc(C(=O)NCC3CCCC3)[nH]2)nn1. The van der Waals surface area contributed by atoms with Gasteiger partial charge in [0.2, 0.25) is 5.91 Å². The fraction of sp³-hybridized carbons (Fsp3) is 0.739. The zero-order chi connectivity index (χ0) is 22.2. The molecular formula is C23H37N7O2. The Morgan fingerprint density at radius 2 is 1.66 bits per heavy atom. The highest BCUT2D eigenvalue weighted by Gasteiger charge is 2.18. The van der Waals surface area contributed by atoms with E-state index in [-0.39, 0.29) is 11.8 Å². The molecule has 2 heterocycles. The Labute approximate surface area is 189 Å². The lowest BCUT2D eigenvalue weighted by Gasteiger charge is -2.20. The Bertz CT molecular complexity index is 844. The standard InChI is InChI=1S/C23H37N7O2/c31-22(14-18-8-2-1-3-9-18)25-21-17-30(28-26-21)13-7-6-12-29-16-20(27-29)23(32)24-15-19-10-4-5-11-19/h16-19,27H,1-15H2,(H,24,32)(H,25,31). The Hall–Kier alpha value is -2.58. The van der Waals surface area contributed by atoms with Gasteiger partial charge in [0.05, 0.1) is 12.4 Å². The van der Waals surface area contributed by atoms with Crippen molar-refractivity contribution in [3.05, 3.63) is 18.1 Å². The molecule has 0 aromatic carbocycles. The molecule has 0 radical (unpaired) electrons. The van der Waals surface area contributed by atoms with Gasteiger partial charge in [0.25, 0.3) is 5.91 Å². The fourth-order valence-corrected chi connectivity index (χ4v) is 4.95. The number of nitrogens with zero attached hydrogens (tertiary/aromatic N) is 4. The Balaban J connectivity index is 1.08. The molecule has 32 heavy (non-hydrogen) atoms. The molecule has 9 nitrogen and oxygen atoms in total. The van der Waals surface area contributed by atoms with E-state index in [1.54, 1.807) is 10.9 Å². The highest BCUT2D eigenvalue weighted by molar-refractivity contribution is 5.92. The van der Waals surface area contributed by atoms with E-state index in [0.29, 0.717) is 29.8 Å². The number of aromatic nitrogens is 5. The van der Waals surface area contributed by atoms with Gasteiger partial charge in [-0.1, -0.05) is 37.3 Å². The summed E-state index contributed by atoms with van der Waals surface area (Å²) in [6, 6.07) is 0. The van der Waals surface area contributed by atoms with Crippen LogP contribution in [0.15, 0.2) is 12.4 Å². The van der Waals surface area contributed by atoms with Crippen molar-refractivity contribution in [3.63, 3.8) is 0 Å². The quantitative estimate of drug-likeness (QED) is 0.460. The van der Waals surface area contributed by atoms with E-state index in [4.69, 9.17) is 0 Å². The number of carbonyl (C=O) groups excluding carboxylic acids is 2. The molecule has 2 aliphatic rings. The summed E-state index contributed by atoms with van der Waals surface area (Å²) in [4.78, 5) is 24.3. The molecule has 2 amide bonds. The maximum Gasteiger partial charge on any atom is 0.270 e. The van der Waals surface area contributed by atoms with Crippen molar-refractivity contribution in [1.82, 2.24) is 30.1 Å². The molecule has 0 atom stereocenters. The molecule has 2 aliphatic carbocycles. The van der Waals surface area contributed by atoms with E-state index in [0.717, 1.165) is 45.3 Å². The van der Waals surface area contributed by atoms with Gasteiger partial charge in [-0.15, -0.1) is 5.10 Å². The van der Waals surface area contributed by atoms with E-state index in [2.05, 4.69) is 26.0 Å². The average Bonchev–Trinajstić information content (AvgIpc) is 3.43. The van der Waals surface area contributed by atoms with Crippen molar-refractivity contribution in [2.45, 2.75) is 90.1 Å². The number of unbranched alkanes of at least 4 members (excludes halogenated alkanes) is 1. The van der Waals surface area contributed by atoms with Crippen LogP contribution in [0.5, 0.6) is 0 Å². The second-order valence-electron chi connectivity index (χ2n) is 9.54. The highest BCUT2D eigenvalue weighted by Crippen LogP contribution is 2.26. The maximum absolute atomic E-state index is 12.2. The molecule has 0 saturated heterocycles. The van der Waals surface area contributed by atoms with Gasteiger partial charge >= 0.3 is 0 Å². The number of aryl methyl sites for hydroxylation is 2. The molecule has 4 rings (SSSR count). The molecule has 3 N–H and O–H groups in total. The third-order valence-electron chi connectivity index (χ3n) is 6.86. The number of rotatable bonds is 11. The van der Waals surface area contributed by atoms with E-state index in [9.17, 15) is 9.59 Å². The number of hydrogen-bond acceptors (Lipinski definition) is 4. The minimum atomic E-state index is -0.00571. The van der Waals surface area contributed by atoms with E-state index in [1.807, 2.05) is 10.9 Å². The van der Waals surface area contributed by atoms with Crippen LogP contribution in [0.25, 0.3) is 0 Å². The number of hydrogen-bond donors (Lipinski definition) is 3. The molecule has 2 aromatic rings. The molecule has 2 fully saturated rings. The van der Waals surface area contributed by atoms with Crippen molar-refractivity contribution < 1.29 is 9.59 Å². The van der Waals surface area contributed by atoms with Crippen molar-refractivity contribution in [1.29, 1.82) is 0 Å². The lowest BCUT2D eigenvalue weighted by Crippen LogP contribution is -2.32. The van der Waals surface area contributed by atoms with Crippen LogP contribution in [0.4, 0.5) is 5.82 Å². The molecular weight excluding hydrogens is 406 g/mol. The van der Waals surface area contributed by atoms with Gasteiger partial charge in [0.1, 0.15) is 5.69 Å². The minimum absolute atomic E-state index is 0.00571. The third-order valence-corrected chi connectivity index (χ3v) is 6.86. The van der Waals surface area contributed by atoms with Crippen molar-refractivity contribution in [2.75, 3.05) is 11.9 Å². The molecule has 0 unspecified atom stereocenters.